The Morgan fingerprint density at radius 1 is 0.938 bits per heavy atom. The Labute approximate surface area is 98.8 Å². The highest BCUT2D eigenvalue weighted by Gasteiger charge is 2.26. The zero-order valence-corrected chi connectivity index (χ0v) is 11.2. The van der Waals surface area contributed by atoms with E-state index >= 15 is 0 Å². The van der Waals surface area contributed by atoms with E-state index in [1.165, 1.54) is 39.2 Å². The van der Waals surface area contributed by atoms with Gasteiger partial charge in [-0.15, -0.1) is 0 Å². The van der Waals surface area contributed by atoms with E-state index in [0.29, 0.717) is 0 Å². The van der Waals surface area contributed by atoms with Gasteiger partial charge in [0, 0.05) is 24.9 Å². The standard InChI is InChI=1S/C15H21N/c1-7-13-8-14-11(4)9(2)10(3)12(5)15(14)16(13)6/h7H,8H2,1-6H3/b13-7+. The fourth-order valence-corrected chi connectivity index (χ4v) is 2.78. The molecule has 0 bridgehead atoms. The minimum atomic E-state index is 1.09. The van der Waals surface area contributed by atoms with Crippen LogP contribution in [0.25, 0.3) is 0 Å². The van der Waals surface area contributed by atoms with Crippen LogP contribution in [-0.2, 0) is 6.42 Å². The summed E-state index contributed by atoms with van der Waals surface area (Å²) < 4.78 is 0. The zero-order chi connectivity index (χ0) is 12.0. The second kappa shape index (κ2) is 3.65. The number of rotatable bonds is 0. The van der Waals surface area contributed by atoms with Crippen LogP contribution in [0.5, 0.6) is 0 Å². The maximum atomic E-state index is 2.35. The monoisotopic (exact) mass is 215 g/mol. The van der Waals surface area contributed by atoms with E-state index in [9.17, 15) is 0 Å². The molecule has 0 amide bonds. The Balaban J connectivity index is 2.76. The van der Waals surface area contributed by atoms with E-state index in [-0.39, 0.29) is 0 Å². The van der Waals surface area contributed by atoms with Crippen molar-refractivity contribution in [3.05, 3.63) is 39.6 Å². The summed E-state index contributed by atoms with van der Waals surface area (Å²) in [6, 6.07) is 0. The predicted molar refractivity (Wildman–Crippen MR) is 71.3 cm³/mol. The summed E-state index contributed by atoms with van der Waals surface area (Å²) in [5.41, 5.74) is 10.2. The topological polar surface area (TPSA) is 3.24 Å². The van der Waals surface area contributed by atoms with E-state index < -0.39 is 0 Å². The number of allylic oxidation sites excluding steroid dienone is 2. The molecule has 0 spiro atoms. The summed E-state index contributed by atoms with van der Waals surface area (Å²) in [7, 11) is 2.18. The van der Waals surface area contributed by atoms with Crippen LogP contribution in [0.1, 0.15) is 34.7 Å². The number of benzene rings is 1. The number of hydrogen-bond donors (Lipinski definition) is 0. The maximum Gasteiger partial charge on any atom is 0.0477 e. The highest BCUT2D eigenvalue weighted by molar-refractivity contribution is 5.73. The van der Waals surface area contributed by atoms with Crippen molar-refractivity contribution >= 4 is 5.69 Å². The molecule has 0 aromatic heterocycles. The molecule has 0 saturated heterocycles. The minimum Gasteiger partial charge on any atom is -0.348 e. The lowest BCUT2D eigenvalue weighted by Gasteiger charge is -2.20. The van der Waals surface area contributed by atoms with Crippen molar-refractivity contribution in [1.29, 1.82) is 0 Å². The van der Waals surface area contributed by atoms with Gasteiger partial charge in [0.15, 0.2) is 0 Å². The van der Waals surface area contributed by atoms with Gasteiger partial charge in [0.25, 0.3) is 0 Å². The second-order valence-corrected chi connectivity index (χ2v) is 4.84. The van der Waals surface area contributed by atoms with Gasteiger partial charge in [0.2, 0.25) is 0 Å². The minimum absolute atomic E-state index is 1.09. The molecule has 1 aliphatic heterocycles. The molecular weight excluding hydrogens is 194 g/mol. The fourth-order valence-electron chi connectivity index (χ4n) is 2.78. The molecule has 1 heterocycles. The van der Waals surface area contributed by atoms with E-state index in [1.807, 2.05) is 0 Å². The van der Waals surface area contributed by atoms with E-state index in [0.717, 1.165) is 6.42 Å². The van der Waals surface area contributed by atoms with Gasteiger partial charge in [-0.3, -0.25) is 0 Å². The molecular formula is C15H21N. The van der Waals surface area contributed by atoms with Gasteiger partial charge in [0.1, 0.15) is 0 Å². The molecule has 0 N–H and O–H groups in total. The van der Waals surface area contributed by atoms with Crippen LogP contribution in [-0.4, -0.2) is 7.05 Å². The molecule has 16 heavy (non-hydrogen) atoms. The molecule has 86 valence electrons. The zero-order valence-electron chi connectivity index (χ0n) is 11.2. The Hall–Kier alpha value is -1.24. The van der Waals surface area contributed by atoms with Crippen LogP contribution in [0.2, 0.25) is 0 Å². The van der Waals surface area contributed by atoms with Gasteiger partial charge in [-0.25, -0.2) is 0 Å². The Morgan fingerprint density at radius 3 is 2.06 bits per heavy atom. The van der Waals surface area contributed by atoms with E-state index in [2.05, 4.69) is 52.6 Å². The lowest BCUT2D eigenvalue weighted by Crippen LogP contribution is -2.12. The summed E-state index contributed by atoms with van der Waals surface area (Å²) in [4.78, 5) is 2.35. The first-order valence-electron chi connectivity index (χ1n) is 5.97. The number of anilines is 1. The normalized spacial score (nSPS) is 17.1. The van der Waals surface area contributed by atoms with Crippen LogP contribution in [0, 0.1) is 27.7 Å². The van der Waals surface area contributed by atoms with Crippen molar-refractivity contribution in [1.82, 2.24) is 0 Å². The maximum absolute atomic E-state index is 2.35. The van der Waals surface area contributed by atoms with Gasteiger partial charge >= 0.3 is 0 Å². The smallest absolute Gasteiger partial charge is 0.0477 e. The summed E-state index contributed by atoms with van der Waals surface area (Å²) in [6.07, 6.45) is 3.32. The lowest BCUT2D eigenvalue weighted by atomic mass is 9.92. The third kappa shape index (κ3) is 1.31. The molecule has 1 aromatic carbocycles. The van der Waals surface area contributed by atoms with Crippen molar-refractivity contribution in [2.45, 2.75) is 41.0 Å². The van der Waals surface area contributed by atoms with Gasteiger partial charge in [-0.05, 0) is 62.4 Å². The first-order chi connectivity index (χ1) is 7.49. The average Bonchev–Trinajstić information content (AvgIpc) is 2.61. The van der Waals surface area contributed by atoms with Crippen molar-refractivity contribution in [2.75, 3.05) is 11.9 Å². The van der Waals surface area contributed by atoms with Crippen LogP contribution in [0.4, 0.5) is 5.69 Å². The van der Waals surface area contributed by atoms with E-state index in [4.69, 9.17) is 0 Å². The summed E-state index contributed by atoms with van der Waals surface area (Å²) in [5.74, 6) is 0. The van der Waals surface area contributed by atoms with E-state index in [1.54, 1.807) is 0 Å². The number of likely N-dealkylation sites (N-methyl/N-ethyl adjacent to an activating group) is 1. The molecule has 0 radical (unpaired) electrons. The van der Waals surface area contributed by atoms with Gasteiger partial charge in [0.05, 0.1) is 0 Å². The third-order valence-corrected chi connectivity index (χ3v) is 4.24. The van der Waals surface area contributed by atoms with Crippen molar-refractivity contribution in [2.24, 2.45) is 0 Å². The average molecular weight is 215 g/mol. The molecule has 0 fully saturated rings. The van der Waals surface area contributed by atoms with Crippen molar-refractivity contribution in [3.8, 4) is 0 Å². The van der Waals surface area contributed by atoms with Crippen molar-refractivity contribution < 1.29 is 0 Å². The first-order valence-corrected chi connectivity index (χ1v) is 5.97. The Kier molecular flexibility index (Phi) is 2.57. The molecule has 2 rings (SSSR count). The third-order valence-electron chi connectivity index (χ3n) is 4.24. The fraction of sp³-hybridized carbons (Fsp3) is 0.467. The molecule has 1 aliphatic rings. The van der Waals surface area contributed by atoms with Crippen LogP contribution < -0.4 is 4.90 Å². The second-order valence-electron chi connectivity index (χ2n) is 4.84. The SMILES string of the molecule is C/C=C1\Cc2c(C)c(C)c(C)c(C)c2N1C. The molecule has 0 unspecified atom stereocenters. The first kappa shape index (κ1) is 11.3. The molecule has 0 saturated carbocycles. The number of nitrogens with zero attached hydrogens (tertiary/aromatic N) is 1. The van der Waals surface area contributed by atoms with Crippen molar-refractivity contribution in [3.63, 3.8) is 0 Å². The summed E-state index contributed by atoms with van der Waals surface area (Å²) >= 11 is 0. The van der Waals surface area contributed by atoms with Crippen LogP contribution >= 0.6 is 0 Å². The van der Waals surface area contributed by atoms with Gasteiger partial charge in [-0.1, -0.05) is 6.08 Å². The molecule has 0 atom stereocenters. The van der Waals surface area contributed by atoms with Gasteiger partial charge in [-0.2, -0.15) is 0 Å². The van der Waals surface area contributed by atoms with Crippen LogP contribution in [0.15, 0.2) is 11.8 Å². The molecule has 1 nitrogen and oxygen atoms in total. The summed E-state index contributed by atoms with van der Waals surface area (Å²) in [6.45, 7) is 11.1. The summed E-state index contributed by atoms with van der Waals surface area (Å²) in [5, 5.41) is 0. The largest absolute Gasteiger partial charge is 0.348 e. The predicted octanol–water partition coefficient (Wildman–Crippen LogP) is 3.82. The van der Waals surface area contributed by atoms with Gasteiger partial charge < -0.3 is 4.90 Å². The highest BCUT2D eigenvalue weighted by Crippen LogP contribution is 2.41. The number of fused-ring (bicyclic) bond motifs is 1. The molecule has 1 aromatic rings. The molecule has 0 aliphatic carbocycles. The highest BCUT2D eigenvalue weighted by atomic mass is 15.1. The quantitative estimate of drug-likeness (QED) is 0.636. The van der Waals surface area contributed by atoms with Crippen LogP contribution in [0.3, 0.4) is 0 Å². The number of hydrogen-bond acceptors (Lipinski definition) is 1. The molecule has 1 heteroatoms. The Morgan fingerprint density at radius 2 is 1.50 bits per heavy atom. The lowest BCUT2D eigenvalue weighted by molar-refractivity contribution is 1.08. The Bertz CT molecular complexity index is 481.